The van der Waals surface area contributed by atoms with E-state index in [1.807, 2.05) is 11.8 Å². The number of hydrogen-bond acceptors (Lipinski definition) is 6. The molecule has 0 aromatic heterocycles. The number of carbonyl (C=O) groups excluding carboxylic acids is 2. The van der Waals surface area contributed by atoms with Crippen LogP contribution in [0.15, 0.2) is 18.2 Å². The Balaban J connectivity index is 1.91. The van der Waals surface area contributed by atoms with Crippen LogP contribution in [0.2, 0.25) is 0 Å². The molecule has 2 amide bonds. The van der Waals surface area contributed by atoms with Crippen LogP contribution in [0.3, 0.4) is 0 Å². The number of piperazine rings is 1. The maximum absolute atomic E-state index is 12.6. The van der Waals surface area contributed by atoms with Crippen LogP contribution in [0.25, 0.3) is 0 Å². The van der Waals surface area contributed by atoms with E-state index in [0.29, 0.717) is 50.0 Å². The minimum absolute atomic E-state index is 0.109. The molecular formula is C18H27N3O5. The predicted octanol–water partition coefficient (Wildman–Crippen LogP) is 1.80. The van der Waals surface area contributed by atoms with Crippen molar-refractivity contribution in [2.75, 3.05) is 52.3 Å². The molecule has 1 saturated heterocycles. The summed E-state index contributed by atoms with van der Waals surface area (Å²) in [5.74, 6) is 1.05. The van der Waals surface area contributed by atoms with Gasteiger partial charge in [-0.25, -0.2) is 4.79 Å². The summed E-state index contributed by atoms with van der Waals surface area (Å²) in [7, 11) is 3.11. The summed E-state index contributed by atoms with van der Waals surface area (Å²) in [4.78, 5) is 28.0. The zero-order valence-corrected chi connectivity index (χ0v) is 15.8. The highest BCUT2D eigenvalue weighted by atomic mass is 16.6. The molecule has 1 aliphatic heterocycles. The fraction of sp³-hybridized carbons (Fsp3) is 0.556. The number of hydrogen-bond donors (Lipinski definition) is 1. The average Bonchev–Trinajstić information content (AvgIpc) is 2.67. The Labute approximate surface area is 154 Å². The first kappa shape index (κ1) is 19.8. The number of nitrogens with zero attached hydrogens (tertiary/aromatic N) is 2. The lowest BCUT2D eigenvalue weighted by Gasteiger charge is -2.36. The second kappa shape index (κ2) is 9.28. The topological polar surface area (TPSA) is 80.3 Å². The fourth-order valence-corrected chi connectivity index (χ4v) is 2.83. The second-order valence-corrected chi connectivity index (χ2v) is 5.96. The smallest absolute Gasteiger partial charge is 0.409 e. The normalized spacial score (nSPS) is 15.9. The van der Waals surface area contributed by atoms with E-state index in [-0.39, 0.29) is 18.0 Å². The molecule has 1 aliphatic rings. The third kappa shape index (κ3) is 4.78. The van der Waals surface area contributed by atoms with Gasteiger partial charge >= 0.3 is 6.09 Å². The van der Waals surface area contributed by atoms with Gasteiger partial charge in [-0.05, 0) is 26.0 Å². The summed E-state index contributed by atoms with van der Waals surface area (Å²) in [6.07, 6.45) is -0.297. The Kier molecular flexibility index (Phi) is 7.08. The zero-order valence-electron chi connectivity index (χ0n) is 15.8. The van der Waals surface area contributed by atoms with Gasteiger partial charge in [0, 0.05) is 37.9 Å². The molecule has 0 spiro atoms. The number of ether oxygens (including phenoxy) is 3. The molecule has 0 unspecified atom stereocenters. The first-order chi connectivity index (χ1) is 12.5. The molecule has 0 bridgehead atoms. The van der Waals surface area contributed by atoms with Crippen LogP contribution in [0.4, 0.5) is 10.5 Å². The first-order valence-electron chi connectivity index (χ1n) is 8.68. The van der Waals surface area contributed by atoms with Crippen molar-refractivity contribution in [3.05, 3.63) is 18.2 Å². The maximum Gasteiger partial charge on any atom is 0.409 e. The Bertz CT molecular complexity index is 629. The van der Waals surface area contributed by atoms with Crippen molar-refractivity contribution >= 4 is 17.7 Å². The van der Waals surface area contributed by atoms with Crippen LogP contribution in [0, 0.1) is 0 Å². The van der Waals surface area contributed by atoms with Gasteiger partial charge in [0.15, 0.2) is 11.5 Å². The SMILES string of the molecule is CCOC(=O)N1CCN([C@@H](C)C(=O)Nc2ccc(OC)c(OC)c2)CC1. The lowest BCUT2D eigenvalue weighted by atomic mass is 10.2. The van der Waals surface area contributed by atoms with E-state index in [2.05, 4.69) is 5.32 Å². The number of benzene rings is 1. The van der Waals surface area contributed by atoms with E-state index in [0.717, 1.165) is 0 Å². The Morgan fingerprint density at radius 1 is 1.12 bits per heavy atom. The predicted molar refractivity (Wildman–Crippen MR) is 97.8 cm³/mol. The highest BCUT2D eigenvalue weighted by Crippen LogP contribution is 2.29. The number of methoxy groups -OCH3 is 2. The minimum atomic E-state index is -0.313. The Morgan fingerprint density at radius 3 is 2.35 bits per heavy atom. The van der Waals surface area contributed by atoms with Gasteiger partial charge in [-0.3, -0.25) is 9.69 Å². The quantitative estimate of drug-likeness (QED) is 0.828. The molecule has 1 fully saturated rings. The summed E-state index contributed by atoms with van der Waals surface area (Å²) in [6, 6.07) is 4.93. The van der Waals surface area contributed by atoms with Crippen LogP contribution in [0.5, 0.6) is 11.5 Å². The van der Waals surface area contributed by atoms with E-state index < -0.39 is 0 Å². The number of anilines is 1. The van der Waals surface area contributed by atoms with Gasteiger partial charge in [0.25, 0.3) is 0 Å². The fourth-order valence-electron chi connectivity index (χ4n) is 2.83. The molecule has 1 aromatic rings. The van der Waals surface area contributed by atoms with E-state index in [1.54, 1.807) is 44.2 Å². The molecule has 0 radical (unpaired) electrons. The van der Waals surface area contributed by atoms with E-state index in [9.17, 15) is 9.59 Å². The van der Waals surface area contributed by atoms with Gasteiger partial charge in [-0.2, -0.15) is 0 Å². The molecule has 2 rings (SSSR count). The van der Waals surface area contributed by atoms with Crippen LogP contribution in [-0.2, 0) is 9.53 Å². The van der Waals surface area contributed by atoms with Crippen molar-refractivity contribution in [1.82, 2.24) is 9.80 Å². The molecule has 1 heterocycles. The highest BCUT2D eigenvalue weighted by Gasteiger charge is 2.28. The summed E-state index contributed by atoms with van der Waals surface area (Å²) in [6.45, 7) is 6.35. The van der Waals surface area contributed by atoms with Crippen molar-refractivity contribution in [2.45, 2.75) is 19.9 Å². The molecule has 1 atom stereocenters. The molecule has 8 nitrogen and oxygen atoms in total. The van der Waals surface area contributed by atoms with Crippen LogP contribution >= 0.6 is 0 Å². The van der Waals surface area contributed by atoms with Gasteiger partial charge in [0.2, 0.25) is 5.91 Å². The lowest BCUT2D eigenvalue weighted by Crippen LogP contribution is -2.54. The Morgan fingerprint density at radius 2 is 1.77 bits per heavy atom. The number of nitrogens with one attached hydrogen (secondary N) is 1. The number of amides is 2. The van der Waals surface area contributed by atoms with Gasteiger partial charge < -0.3 is 24.4 Å². The molecule has 0 aliphatic carbocycles. The standard InChI is InChI=1S/C18H27N3O5/c1-5-26-18(23)21-10-8-20(9-11-21)13(2)17(22)19-14-6-7-15(24-3)16(12-14)25-4/h6-7,12-13H,5,8-11H2,1-4H3,(H,19,22)/t13-/m0/s1. The van der Waals surface area contributed by atoms with E-state index >= 15 is 0 Å². The van der Waals surface area contributed by atoms with E-state index in [1.165, 1.54) is 0 Å². The minimum Gasteiger partial charge on any atom is -0.493 e. The first-order valence-corrected chi connectivity index (χ1v) is 8.68. The third-order valence-electron chi connectivity index (χ3n) is 4.42. The molecule has 8 heteroatoms. The monoisotopic (exact) mass is 365 g/mol. The zero-order chi connectivity index (χ0) is 19.1. The summed E-state index contributed by atoms with van der Waals surface area (Å²) >= 11 is 0. The molecule has 1 N–H and O–H groups in total. The van der Waals surface area contributed by atoms with Gasteiger partial charge in [0.1, 0.15) is 0 Å². The number of rotatable bonds is 6. The molecule has 1 aromatic carbocycles. The van der Waals surface area contributed by atoms with Gasteiger partial charge in [0.05, 0.1) is 26.9 Å². The summed E-state index contributed by atoms with van der Waals surface area (Å²) < 4.78 is 15.5. The van der Waals surface area contributed by atoms with Gasteiger partial charge in [-0.15, -0.1) is 0 Å². The van der Waals surface area contributed by atoms with Crippen molar-refractivity contribution in [3.8, 4) is 11.5 Å². The molecule has 0 saturated carbocycles. The van der Waals surface area contributed by atoms with Crippen molar-refractivity contribution in [1.29, 1.82) is 0 Å². The van der Waals surface area contributed by atoms with Crippen LogP contribution in [-0.4, -0.2) is 74.8 Å². The Hall–Kier alpha value is -2.48. The largest absolute Gasteiger partial charge is 0.493 e. The molecule has 144 valence electrons. The van der Waals surface area contributed by atoms with Crippen molar-refractivity contribution in [3.63, 3.8) is 0 Å². The van der Waals surface area contributed by atoms with E-state index in [4.69, 9.17) is 14.2 Å². The maximum atomic E-state index is 12.6. The third-order valence-corrected chi connectivity index (χ3v) is 4.42. The second-order valence-electron chi connectivity index (χ2n) is 5.96. The lowest BCUT2D eigenvalue weighted by molar-refractivity contribution is -0.121. The molecular weight excluding hydrogens is 338 g/mol. The average molecular weight is 365 g/mol. The summed E-state index contributed by atoms with van der Waals surface area (Å²) in [5, 5.41) is 2.90. The summed E-state index contributed by atoms with van der Waals surface area (Å²) in [5.41, 5.74) is 0.643. The highest BCUT2D eigenvalue weighted by molar-refractivity contribution is 5.94. The van der Waals surface area contributed by atoms with Gasteiger partial charge in [-0.1, -0.05) is 0 Å². The van der Waals surface area contributed by atoms with Crippen LogP contribution in [0.1, 0.15) is 13.8 Å². The van der Waals surface area contributed by atoms with Crippen molar-refractivity contribution < 1.29 is 23.8 Å². The number of carbonyl (C=O) groups is 2. The molecule has 26 heavy (non-hydrogen) atoms. The van der Waals surface area contributed by atoms with Crippen LogP contribution < -0.4 is 14.8 Å². The van der Waals surface area contributed by atoms with Crippen molar-refractivity contribution in [2.24, 2.45) is 0 Å².